The highest BCUT2D eigenvalue weighted by molar-refractivity contribution is 5.88. The van der Waals surface area contributed by atoms with Crippen LogP contribution in [0.25, 0.3) is 0 Å². The fraction of sp³-hybridized carbons (Fsp3) is 0.429. The Hall–Kier alpha value is -2.64. The second kappa shape index (κ2) is 6.00. The maximum Gasteiger partial charge on any atom is 0.323 e. The van der Waals surface area contributed by atoms with Gasteiger partial charge in [-0.05, 0) is 12.8 Å². The third kappa shape index (κ3) is 2.85. The number of nitrogens with one attached hydrogen (secondary N) is 1. The van der Waals surface area contributed by atoms with Crippen molar-refractivity contribution in [3.05, 3.63) is 29.8 Å². The van der Waals surface area contributed by atoms with Crippen molar-refractivity contribution < 1.29 is 9.53 Å². The number of methoxy groups -OCH3 is 1. The molecule has 0 radical (unpaired) electrons. The second-order valence-electron chi connectivity index (χ2n) is 5.14. The molecule has 0 aliphatic carbocycles. The molecule has 0 saturated carbocycles. The molecule has 22 heavy (non-hydrogen) atoms. The molecule has 3 heterocycles. The lowest BCUT2D eigenvalue weighted by Gasteiger charge is -2.20. The average Bonchev–Trinajstić information content (AvgIpc) is 2.76. The number of aromatic nitrogens is 4. The maximum absolute atomic E-state index is 12.4. The van der Waals surface area contributed by atoms with Crippen LogP contribution in [0.2, 0.25) is 0 Å². The molecule has 0 bridgehead atoms. The summed E-state index contributed by atoms with van der Waals surface area (Å²) < 4.78 is 6.82. The highest BCUT2D eigenvalue weighted by Crippen LogP contribution is 2.18. The van der Waals surface area contributed by atoms with Crippen molar-refractivity contribution in [3.63, 3.8) is 0 Å². The molecule has 1 N–H and O–H groups in total. The average molecular weight is 302 g/mol. The zero-order chi connectivity index (χ0) is 15.5. The largest absolute Gasteiger partial charge is 0.480 e. The van der Waals surface area contributed by atoms with Crippen molar-refractivity contribution in [1.82, 2.24) is 24.6 Å². The van der Waals surface area contributed by atoms with Crippen molar-refractivity contribution in [2.45, 2.75) is 19.4 Å². The first-order valence-corrected chi connectivity index (χ1v) is 7.09. The Morgan fingerprint density at radius 3 is 2.91 bits per heavy atom. The molecule has 0 spiro atoms. The van der Waals surface area contributed by atoms with Crippen molar-refractivity contribution in [3.8, 4) is 5.88 Å². The Labute approximate surface area is 128 Å². The van der Waals surface area contributed by atoms with E-state index in [1.54, 1.807) is 4.90 Å². The van der Waals surface area contributed by atoms with Gasteiger partial charge in [0.1, 0.15) is 0 Å². The summed E-state index contributed by atoms with van der Waals surface area (Å²) in [4.78, 5) is 22.3. The quantitative estimate of drug-likeness (QED) is 0.901. The van der Waals surface area contributed by atoms with Gasteiger partial charge in [-0.2, -0.15) is 5.10 Å². The highest BCUT2D eigenvalue weighted by Gasteiger charge is 2.21. The molecule has 2 aromatic heterocycles. The van der Waals surface area contributed by atoms with Gasteiger partial charge in [-0.3, -0.25) is 10.00 Å². The summed E-state index contributed by atoms with van der Waals surface area (Å²) >= 11 is 0. The smallest absolute Gasteiger partial charge is 0.323 e. The number of aryl methyl sites for hydroxylation is 1. The van der Waals surface area contributed by atoms with Crippen LogP contribution in [-0.2, 0) is 20.0 Å². The van der Waals surface area contributed by atoms with Gasteiger partial charge in [-0.1, -0.05) is 0 Å². The van der Waals surface area contributed by atoms with E-state index in [1.807, 2.05) is 17.9 Å². The van der Waals surface area contributed by atoms with Crippen LogP contribution in [0.5, 0.6) is 5.88 Å². The molecule has 0 aromatic carbocycles. The van der Waals surface area contributed by atoms with E-state index in [9.17, 15) is 4.79 Å². The van der Waals surface area contributed by atoms with Crippen molar-refractivity contribution in [2.75, 3.05) is 19.0 Å². The van der Waals surface area contributed by atoms with Gasteiger partial charge in [0.15, 0.2) is 5.82 Å². The van der Waals surface area contributed by atoms with Crippen LogP contribution >= 0.6 is 0 Å². The molecule has 0 atom stereocenters. The Balaban J connectivity index is 1.69. The molecule has 1 aliphatic rings. The van der Waals surface area contributed by atoms with Crippen LogP contribution in [0, 0.1) is 0 Å². The first-order valence-electron chi connectivity index (χ1n) is 7.09. The van der Waals surface area contributed by atoms with Gasteiger partial charge >= 0.3 is 6.03 Å². The molecule has 8 nitrogen and oxygen atoms in total. The van der Waals surface area contributed by atoms with Crippen LogP contribution in [0.1, 0.15) is 17.7 Å². The highest BCUT2D eigenvalue weighted by atomic mass is 16.5. The fourth-order valence-corrected chi connectivity index (χ4v) is 2.53. The lowest BCUT2D eigenvalue weighted by atomic mass is 10.2. The van der Waals surface area contributed by atoms with Gasteiger partial charge in [0.2, 0.25) is 5.88 Å². The number of ether oxygens (including phenoxy) is 1. The summed E-state index contributed by atoms with van der Waals surface area (Å²) in [6.45, 7) is 1.25. The molecule has 2 aromatic rings. The number of rotatable bonds is 2. The molecule has 8 heteroatoms. The van der Waals surface area contributed by atoms with Gasteiger partial charge in [0.05, 0.1) is 32.2 Å². The van der Waals surface area contributed by atoms with Crippen LogP contribution in [-0.4, -0.2) is 44.3 Å². The minimum Gasteiger partial charge on any atom is -0.480 e. The van der Waals surface area contributed by atoms with Gasteiger partial charge in [-0.15, -0.1) is 0 Å². The summed E-state index contributed by atoms with van der Waals surface area (Å²) in [5.41, 5.74) is 2.29. The van der Waals surface area contributed by atoms with E-state index < -0.39 is 0 Å². The zero-order valence-electron chi connectivity index (χ0n) is 12.6. The summed E-state index contributed by atoms with van der Waals surface area (Å²) in [6, 6.07) is -0.184. The van der Waals surface area contributed by atoms with Gasteiger partial charge in [0.25, 0.3) is 0 Å². The Bertz CT molecular complexity index is 666. The van der Waals surface area contributed by atoms with E-state index in [2.05, 4.69) is 20.4 Å². The number of anilines is 1. The number of carbonyl (C=O) groups excluding carboxylic acids is 1. The Kier molecular flexibility index (Phi) is 3.90. The molecule has 0 saturated heterocycles. The van der Waals surface area contributed by atoms with Crippen LogP contribution < -0.4 is 10.1 Å². The van der Waals surface area contributed by atoms with Crippen LogP contribution in [0.15, 0.2) is 18.6 Å². The van der Waals surface area contributed by atoms with E-state index in [-0.39, 0.29) is 6.03 Å². The first kappa shape index (κ1) is 14.3. The molecule has 1 aliphatic heterocycles. The van der Waals surface area contributed by atoms with Crippen molar-refractivity contribution in [1.29, 1.82) is 0 Å². The normalized spacial score (nSPS) is 14.2. The predicted octanol–water partition coefficient (Wildman–Crippen LogP) is 1.20. The molecular weight excluding hydrogens is 284 g/mol. The fourth-order valence-electron chi connectivity index (χ4n) is 2.53. The third-order valence-corrected chi connectivity index (χ3v) is 3.71. The van der Waals surface area contributed by atoms with E-state index >= 15 is 0 Å². The lowest BCUT2D eigenvalue weighted by molar-refractivity contribution is 0.210. The van der Waals surface area contributed by atoms with Gasteiger partial charge < -0.3 is 9.64 Å². The molecule has 2 amide bonds. The maximum atomic E-state index is 12.4. The molecule has 0 fully saturated rings. The van der Waals surface area contributed by atoms with Crippen LogP contribution in [0.3, 0.4) is 0 Å². The summed E-state index contributed by atoms with van der Waals surface area (Å²) in [7, 11) is 3.45. The van der Waals surface area contributed by atoms with E-state index in [0.717, 1.165) is 18.4 Å². The summed E-state index contributed by atoms with van der Waals surface area (Å²) in [5.74, 6) is 0.814. The number of hydrogen-bond donors (Lipinski definition) is 1. The number of hydrogen-bond acceptors (Lipinski definition) is 5. The zero-order valence-corrected chi connectivity index (χ0v) is 12.6. The lowest BCUT2D eigenvalue weighted by Crippen LogP contribution is -2.34. The van der Waals surface area contributed by atoms with E-state index in [4.69, 9.17) is 4.74 Å². The molecule has 0 unspecified atom stereocenters. The number of carbonyl (C=O) groups is 1. The molecule has 116 valence electrons. The minimum absolute atomic E-state index is 0.184. The van der Waals surface area contributed by atoms with Crippen molar-refractivity contribution in [2.24, 2.45) is 7.05 Å². The monoisotopic (exact) mass is 302 g/mol. The van der Waals surface area contributed by atoms with E-state index in [1.165, 1.54) is 25.2 Å². The van der Waals surface area contributed by atoms with Crippen LogP contribution in [0.4, 0.5) is 10.6 Å². The standard InChI is InChI=1S/C14H18N6O2/c1-19-11-4-3-5-20(9-10(11)6-17-19)14(21)18-12-7-16-13(22-2)8-15-12/h6-8H,3-5,9H2,1-2H3,(H,15,18,21). The minimum atomic E-state index is -0.184. The molecular formula is C14H18N6O2. The Morgan fingerprint density at radius 2 is 2.18 bits per heavy atom. The SMILES string of the molecule is COc1cnc(NC(=O)N2CCCc3c(cnn3C)C2)cn1. The predicted molar refractivity (Wildman–Crippen MR) is 79.5 cm³/mol. The van der Waals surface area contributed by atoms with Crippen molar-refractivity contribution >= 4 is 11.8 Å². The number of fused-ring (bicyclic) bond motifs is 1. The molecule has 3 rings (SSSR count). The van der Waals surface area contributed by atoms with E-state index in [0.29, 0.717) is 24.8 Å². The van der Waals surface area contributed by atoms with Gasteiger partial charge in [-0.25, -0.2) is 14.8 Å². The number of amides is 2. The topological polar surface area (TPSA) is 85.2 Å². The Morgan fingerprint density at radius 1 is 1.32 bits per heavy atom. The first-order chi connectivity index (χ1) is 10.7. The third-order valence-electron chi connectivity index (χ3n) is 3.71. The summed E-state index contributed by atoms with van der Waals surface area (Å²) in [5, 5.41) is 7.02. The number of urea groups is 1. The summed E-state index contributed by atoms with van der Waals surface area (Å²) in [6.07, 6.45) is 6.61. The van der Waals surface area contributed by atoms with Gasteiger partial charge in [0, 0.05) is 24.8 Å². The second-order valence-corrected chi connectivity index (χ2v) is 5.14. The number of nitrogens with zero attached hydrogens (tertiary/aromatic N) is 5.